The van der Waals surface area contributed by atoms with E-state index in [4.69, 9.17) is 4.74 Å². The fourth-order valence-corrected chi connectivity index (χ4v) is 2.54. The van der Waals surface area contributed by atoms with E-state index in [0.717, 1.165) is 0 Å². The maximum atomic E-state index is 11.9. The third-order valence-electron chi connectivity index (χ3n) is 4.19. The molecule has 0 saturated carbocycles. The van der Waals surface area contributed by atoms with Crippen LogP contribution in [0.25, 0.3) is 0 Å². The number of benzene rings is 2. The van der Waals surface area contributed by atoms with Crippen molar-refractivity contribution >= 4 is 35.1 Å². The minimum atomic E-state index is -0.684. The van der Waals surface area contributed by atoms with Gasteiger partial charge in [-0.2, -0.15) is 0 Å². The topological polar surface area (TPSA) is 157 Å². The zero-order chi connectivity index (χ0) is 23.5. The molecule has 0 aliphatic heterocycles. The molecule has 0 bridgehead atoms. The van der Waals surface area contributed by atoms with Gasteiger partial charge < -0.3 is 10.1 Å². The summed E-state index contributed by atoms with van der Waals surface area (Å²) in [7, 11) is 0. The normalized spacial score (nSPS) is 10.0. The lowest BCUT2D eigenvalue weighted by molar-refractivity contribution is -0.385. The number of rotatable bonds is 9. The molecule has 0 radical (unpaired) electrons. The number of esters is 1. The predicted octanol–water partition coefficient (Wildman–Crippen LogP) is 2.02. The van der Waals surface area contributed by atoms with Crippen LogP contribution in [0.4, 0.5) is 11.4 Å². The molecule has 0 unspecified atom stereocenters. The van der Waals surface area contributed by atoms with Crippen LogP contribution in [-0.4, -0.2) is 35.2 Å². The number of nitrogens with one attached hydrogen (secondary N) is 3. The summed E-state index contributed by atoms with van der Waals surface area (Å²) >= 11 is 0. The lowest BCUT2D eigenvalue weighted by atomic mass is 10.2. The number of nitro groups is 1. The SMILES string of the molecule is Cc1ccc(NC(=O)COC(=O)CCCC(=O)NNC(=O)c2ccccc2)cc1[N+](=O)[O-]. The molecule has 0 aromatic heterocycles. The van der Waals surface area contributed by atoms with Gasteiger partial charge in [0.2, 0.25) is 5.91 Å². The monoisotopic (exact) mass is 442 g/mol. The second-order valence-electron chi connectivity index (χ2n) is 6.69. The van der Waals surface area contributed by atoms with E-state index in [1.54, 1.807) is 37.3 Å². The van der Waals surface area contributed by atoms with Gasteiger partial charge in [0, 0.05) is 35.7 Å². The minimum absolute atomic E-state index is 0.0383. The van der Waals surface area contributed by atoms with Gasteiger partial charge in [-0.25, -0.2) is 0 Å². The van der Waals surface area contributed by atoms with E-state index < -0.39 is 35.2 Å². The second kappa shape index (κ2) is 11.8. The summed E-state index contributed by atoms with van der Waals surface area (Å²) in [4.78, 5) is 57.5. The molecule has 0 heterocycles. The Morgan fingerprint density at radius 3 is 2.38 bits per heavy atom. The Balaban J connectivity index is 1.64. The number of aryl methyl sites for hydroxylation is 1. The van der Waals surface area contributed by atoms with Crippen molar-refractivity contribution in [3.8, 4) is 0 Å². The summed E-state index contributed by atoms with van der Waals surface area (Å²) in [6, 6.07) is 12.5. The van der Waals surface area contributed by atoms with Crippen LogP contribution in [0.1, 0.15) is 35.2 Å². The largest absolute Gasteiger partial charge is 0.456 e. The van der Waals surface area contributed by atoms with Gasteiger partial charge >= 0.3 is 5.97 Å². The molecule has 2 aromatic rings. The molecule has 2 aromatic carbocycles. The Kier molecular flexibility index (Phi) is 8.84. The molecule has 11 heteroatoms. The summed E-state index contributed by atoms with van der Waals surface area (Å²) < 4.78 is 4.83. The number of hydrazine groups is 1. The quantitative estimate of drug-likeness (QED) is 0.304. The smallest absolute Gasteiger partial charge is 0.306 e. The second-order valence-corrected chi connectivity index (χ2v) is 6.69. The molecule has 0 spiro atoms. The van der Waals surface area contributed by atoms with Crippen molar-refractivity contribution < 1.29 is 28.8 Å². The highest BCUT2D eigenvalue weighted by Crippen LogP contribution is 2.22. The third-order valence-corrected chi connectivity index (χ3v) is 4.19. The number of amides is 3. The summed E-state index contributed by atoms with van der Waals surface area (Å²) in [6.45, 7) is 1.00. The molecular formula is C21H22N4O7. The molecule has 3 amide bonds. The number of ether oxygens (including phenoxy) is 1. The fourth-order valence-electron chi connectivity index (χ4n) is 2.54. The van der Waals surface area contributed by atoms with Gasteiger partial charge in [0.05, 0.1) is 4.92 Å². The van der Waals surface area contributed by atoms with E-state index in [9.17, 15) is 29.3 Å². The summed E-state index contributed by atoms with van der Waals surface area (Å²) in [5.41, 5.74) is 5.41. The highest BCUT2D eigenvalue weighted by Gasteiger charge is 2.14. The van der Waals surface area contributed by atoms with Crippen molar-refractivity contribution in [1.29, 1.82) is 0 Å². The zero-order valence-corrected chi connectivity index (χ0v) is 17.3. The lowest BCUT2D eigenvalue weighted by Crippen LogP contribution is -2.41. The Morgan fingerprint density at radius 2 is 1.69 bits per heavy atom. The number of nitro benzene ring substituents is 1. The van der Waals surface area contributed by atoms with Crippen LogP contribution < -0.4 is 16.2 Å². The predicted molar refractivity (Wildman–Crippen MR) is 113 cm³/mol. The first kappa shape index (κ1) is 24.0. The molecule has 2 rings (SSSR count). The van der Waals surface area contributed by atoms with Gasteiger partial charge in [-0.15, -0.1) is 0 Å². The first-order chi connectivity index (χ1) is 15.3. The number of hydrogen-bond donors (Lipinski definition) is 3. The van der Waals surface area contributed by atoms with Crippen LogP contribution in [-0.2, 0) is 19.1 Å². The van der Waals surface area contributed by atoms with E-state index in [0.29, 0.717) is 11.1 Å². The molecule has 11 nitrogen and oxygen atoms in total. The number of anilines is 1. The Bertz CT molecular complexity index is 1010. The summed E-state index contributed by atoms with van der Waals surface area (Å²) in [5, 5.41) is 13.3. The highest BCUT2D eigenvalue weighted by molar-refractivity contribution is 5.95. The Hall–Kier alpha value is -4.28. The number of carbonyl (C=O) groups excluding carboxylic acids is 4. The van der Waals surface area contributed by atoms with Crippen LogP contribution >= 0.6 is 0 Å². The van der Waals surface area contributed by atoms with E-state index in [1.165, 1.54) is 18.2 Å². The first-order valence-corrected chi connectivity index (χ1v) is 9.61. The van der Waals surface area contributed by atoms with Crippen molar-refractivity contribution in [1.82, 2.24) is 10.9 Å². The van der Waals surface area contributed by atoms with Crippen molar-refractivity contribution in [2.45, 2.75) is 26.2 Å². The molecule has 0 fully saturated rings. The number of carbonyl (C=O) groups is 4. The van der Waals surface area contributed by atoms with Crippen LogP contribution in [0.3, 0.4) is 0 Å². The first-order valence-electron chi connectivity index (χ1n) is 9.61. The Morgan fingerprint density at radius 1 is 0.969 bits per heavy atom. The van der Waals surface area contributed by atoms with Crippen molar-refractivity contribution in [3.05, 3.63) is 69.8 Å². The fraction of sp³-hybridized carbons (Fsp3) is 0.238. The van der Waals surface area contributed by atoms with Crippen molar-refractivity contribution in [2.75, 3.05) is 11.9 Å². The summed E-state index contributed by atoms with van der Waals surface area (Å²) in [5.74, 6) is -2.29. The molecule has 32 heavy (non-hydrogen) atoms. The average molecular weight is 442 g/mol. The molecule has 0 aliphatic carbocycles. The molecular weight excluding hydrogens is 420 g/mol. The third kappa shape index (κ3) is 7.86. The number of nitrogens with zero attached hydrogens (tertiary/aromatic N) is 1. The minimum Gasteiger partial charge on any atom is -0.456 e. The van der Waals surface area contributed by atoms with E-state index in [1.807, 2.05) is 0 Å². The molecule has 0 saturated heterocycles. The molecule has 3 N–H and O–H groups in total. The van der Waals surface area contributed by atoms with Crippen molar-refractivity contribution in [3.63, 3.8) is 0 Å². The van der Waals surface area contributed by atoms with Crippen LogP contribution in [0.5, 0.6) is 0 Å². The van der Waals surface area contributed by atoms with Crippen LogP contribution in [0.2, 0.25) is 0 Å². The van der Waals surface area contributed by atoms with Crippen molar-refractivity contribution in [2.24, 2.45) is 0 Å². The Labute approximate surface area is 183 Å². The highest BCUT2D eigenvalue weighted by atomic mass is 16.6. The molecule has 0 aliphatic rings. The average Bonchev–Trinajstić information content (AvgIpc) is 2.77. The molecule has 168 valence electrons. The molecule has 0 atom stereocenters. The van der Waals surface area contributed by atoms with E-state index in [2.05, 4.69) is 16.2 Å². The van der Waals surface area contributed by atoms with Crippen LogP contribution in [0, 0.1) is 17.0 Å². The summed E-state index contributed by atoms with van der Waals surface area (Å²) in [6.07, 6.45) is 0.00435. The standard InChI is InChI=1S/C21H22N4O7/c1-14-10-11-16(12-17(14)25(30)31)22-19(27)13-32-20(28)9-5-8-18(26)23-24-21(29)15-6-3-2-4-7-15/h2-4,6-7,10-12H,5,8-9,13H2,1H3,(H,22,27)(H,23,26)(H,24,29). The van der Waals surface area contributed by atoms with Gasteiger partial charge in [0.1, 0.15) is 0 Å². The number of hydrogen-bond acceptors (Lipinski definition) is 7. The van der Waals surface area contributed by atoms with Crippen LogP contribution in [0.15, 0.2) is 48.5 Å². The lowest BCUT2D eigenvalue weighted by Gasteiger charge is -2.08. The van der Waals surface area contributed by atoms with Gasteiger partial charge in [-0.1, -0.05) is 24.3 Å². The van der Waals surface area contributed by atoms with Gasteiger partial charge in [-0.3, -0.25) is 40.1 Å². The van der Waals surface area contributed by atoms with Gasteiger partial charge in [0.15, 0.2) is 6.61 Å². The zero-order valence-electron chi connectivity index (χ0n) is 17.3. The maximum Gasteiger partial charge on any atom is 0.306 e. The van der Waals surface area contributed by atoms with Gasteiger partial charge in [-0.05, 0) is 31.5 Å². The van der Waals surface area contributed by atoms with Gasteiger partial charge in [0.25, 0.3) is 17.5 Å². The maximum absolute atomic E-state index is 11.9. The van der Waals surface area contributed by atoms with E-state index in [-0.39, 0.29) is 30.6 Å². The van der Waals surface area contributed by atoms with E-state index >= 15 is 0 Å².